The highest BCUT2D eigenvalue weighted by Gasteiger charge is 2.17. The number of furan rings is 1. The maximum atomic E-state index is 12.3. The largest absolute Gasteiger partial charge is 0.493 e. The van der Waals surface area contributed by atoms with Gasteiger partial charge in [-0.05, 0) is 36.6 Å². The van der Waals surface area contributed by atoms with Crippen molar-refractivity contribution >= 4 is 22.8 Å². The third-order valence-electron chi connectivity index (χ3n) is 4.24. The molecule has 2 amide bonds. The summed E-state index contributed by atoms with van der Waals surface area (Å²) in [6.07, 6.45) is 0.143. The summed E-state index contributed by atoms with van der Waals surface area (Å²) in [5, 5.41) is 0.874. The molecule has 2 N–H and O–H groups in total. The van der Waals surface area contributed by atoms with Gasteiger partial charge in [0, 0.05) is 10.9 Å². The Morgan fingerprint density at radius 1 is 1.04 bits per heavy atom. The van der Waals surface area contributed by atoms with Crippen LogP contribution in [0.3, 0.4) is 0 Å². The van der Waals surface area contributed by atoms with Gasteiger partial charge in [-0.25, -0.2) is 0 Å². The number of carbonyl (C=O) groups is 2. The Bertz CT molecular complexity index is 974. The fourth-order valence-corrected chi connectivity index (χ4v) is 2.77. The predicted molar refractivity (Wildman–Crippen MR) is 107 cm³/mol. The van der Waals surface area contributed by atoms with Gasteiger partial charge in [0.2, 0.25) is 5.91 Å². The lowest BCUT2D eigenvalue weighted by Gasteiger charge is -2.09. The fraction of sp³-hybridized carbons (Fsp3) is 0.273. The van der Waals surface area contributed by atoms with Crippen LogP contribution in [-0.2, 0) is 11.2 Å². The van der Waals surface area contributed by atoms with Crippen molar-refractivity contribution in [1.82, 2.24) is 10.9 Å². The average molecular weight is 380 g/mol. The summed E-state index contributed by atoms with van der Waals surface area (Å²) in [6.45, 7) is 6.62. The van der Waals surface area contributed by atoms with E-state index in [4.69, 9.17) is 9.15 Å². The third kappa shape index (κ3) is 4.71. The van der Waals surface area contributed by atoms with Crippen molar-refractivity contribution in [2.45, 2.75) is 27.2 Å². The molecule has 3 aromatic rings. The second kappa shape index (κ2) is 8.61. The molecule has 0 aliphatic carbocycles. The lowest BCUT2D eigenvalue weighted by molar-refractivity contribution is -0.121. The van der Waals surface area contributed by atoms with Gasteiger partial charge in [0.15, 0.2) is 5.76 Å². The third-order valence-corrected chi connectivity index (χ3v) is 4.24. The van der Waals surface area contributed by atoms with Gasteiger partial charge in [0.25, 0.3) is 0 Å². The number of rotatable bonds is 6. The van der Waals surface area contributed by atoms with Crippen LogP contribution in [0, 0.1) is 12.8 Å². The molecule has 146 valence electrons. The van der Waals surface area contributed by atoms with E-state index < -0.39 is 5.91 Å². The first-order valence-electron chi connectivity index (χ1n) is 9.23. The molecule has 0 unspecified atom stereocenters. The highest BCUT2D eigenvalue weighted by atomic mass is 16.5. The summed E-state index contributed by atoms with van der Waals surface area (Å²) in [7, 11) is 0. The molecule has 1 heterocycles. The SMILES string of the molecule is Cc1c(C(=O)NNC(=O)Cc2ccc(OCC(C)C)cc2)oc2ccccc12. The Hall–Kier alpha value is -3.28. The molecule has 6 heteroatoms. The molecule has 28 heavy (non-hydrogen) atoms. The predicted octanol–water partition coefficient (Wildman–Crippen LogP) is 3.78. The summed E-state index contributed by atoms with van der Waals surface area (Å²) in [6, 6.07) is 14.7. The van der Waals surface area contributed by atoms with Crippen molar-refractivity contribution in [1.29, 1.82) is 0 Å². The normalized spacial score (nSPS) is 10.9. The summed E-state index contributed by atoms with van der Waals surface area (Å²) in [4.78, 5) is 24.4. The first-order valence-corrected chi connectivity index (χ1v) is 9.23. The van der Waals surface area contributed by atoms with Gasteiger partial charge in [0.1, 0.15) is 11.3 Å². The van der Waals surface area contributed by atoms with Crippen LogP contribution >= 0.6 is 0 Å². The van der Waals surface area contributed by atoms with Crippen LogP contribution in [0.25, 0.3) is 11.0 Å². The Morgan fingerprint density at radius 2 is 1.75 bits per heavy atom. The van der Waals surface area contributed by atoms with E-state index in [0.29, 0.717) is 18.1 Å². The topological polar surface area (TPSA) is 80.6 Å². The highest BCUT2D eigenvalue weighted by Crippen LogP contribution is 2.24. The van der Waals surface area contributed by atoms with E-state index in [1.54, 1.807) is 6.07 Å². The molecule has 0 fully saturated rings. The van der Waals surface area contributed by atoms with Crippen LogP contribution in [0.4, 0.5) is 0 Å². The number of nitrogens with one attached hydrogen (secondary N) is 2. The molecular formula is C22H24N2O4. The second-order valence-corrected chi connectivity index (χ2v) is 7.08. The lowest BCUT2D eigenvalue weighted by atomic mass is 10.1. The summed E-state index contributed by atoms with van der Waals surface area (Å²) >= 11 is 0. The molecule has 0 spiro atoms. The Kier molecular flexibility index (Phi) is 5.99. The number of hydrazine groups is 1. The molecule has 0 radical (unpaired) electrons. The minimum Gasteiger partial charge on any atom is -0.493 e. The molecule has 6 nitrogen and oxygen atoms in total. The Labute approximate surface area is 163 Å². The van der Waals surface area contributed by atoms with Gasteiger partial charge < -0.3 is 9.15 Å². The van der Waals surface area contributed by atoms with Gasteiger partial charge in [-0.15, -0.1) is 0 Å². The number of fused-ring (bicyclic) bond motifs is 1. The van der Waals surface area contributed by atoms with E-state index in [-0.39, 0.29) is 18.1 Å². The van der Waals surface area contributed by atoms with Crippen LogP contribution in [-0.4, -0.2) is 18.4 Å². The number of hydrogen-bond donors (Lipinski definition) is 2. The molecule has 2 aromatic carbocycles. The molecule has 1 aromatic heterocycles. The fourth-order valence-electron chi connectivity index (χ4n) is 2.77. The van der Waals surface area contributed by atoms with E-state index >= 15 is 0 Å². The van der Waals surface area contributed by atoms with E-state index in [0.717, 1.165) is 22.3 Å². The quantitative estimate of drug-likeness (QED) is 0.638. The van der Waals surface area contributed by atoms with E-state index in [2.05, 4.69) is 24.7 Å². The number of aryl methyl sites for hydroxylation is 1. The van der Waals surface area contributed by atoms with Crippen molar-refractivity contribution < 1.29 is 18.7 Å². The summed E-state index contributed by atoms with van der Waals surface area (Å²) < 4.78 is 11.2. The molecule has 0 aliphatic heterocycles. The minimum atomic E-state index is -0.487. The number of para-hydroxylation sites is 1. The number of carbonyl (C=O) groups excluding carboxylic acids is 2. The van der Waals surface area contributed by atoms with Crippen molar-refractivity contribution in [3.05, 3.63) is 65.4 Å². The van der Waals surface area contributed by atoms with Gasteiger partial charge in [-0.3, -0.25) is 20.4 Å². The molecular weight excluding hydrogens is 356 g/mol. The van der Waals surface area contributed by atoms with E-state index in [9.17, 15) is 9.59 Å². The summed E-state index contributed by atoms with van der Waals surface area (Å²) in [5.74, 6) is 0.599. The van der Waals surface area contributed by atoms with Crippen LogP contribution < -0.4 is 15.6 Å². The average Bonchev–Trinajstić information content (AvgIpc) is 3.02. The van der Waals surface area contributed by atoms with E-state index in [1.807, 2.05) is 49.4 Å². The van der Waals surface area contributed by atoms with Crippen LogP contribution in [0.1, 0.15) is 35.5 Å². The van der Waals surface area contributed by atoms with Crippen molar-refractivity contribution in [3.8, 4) is 5.75 Å². The molecule has 3 rings (SSSR count). The first kappa shape index (κ1) is 19.5. The van der Waals surface area contributed by atoms with Gasteiger partial charge >= 0.3 is 5.91 Å². The van der Waals surface area contributed by atoms with E-state index in [1.165, 1.54) is 0 Å². The zero-order valence-corrected chi connectivity index (χ0v) is 16.2. The monoisotopic (exact) mass is 380 g/mol. The zero-order chi connectivity index (χ0) is 20.1. The van der Waals surface area contributed by atoms with Gasteiger partial charge in [-0.2, -0.15) is 0 Å². The number of hydrogen-bond acceptors (Lipinski definition) is 4. The van der Waals surface area contributed by atoms with Crippen molar-refractivity contribution in [3.63, 3.8) is 0 Å². The molecule has 0 saturated heterocycles. The van der Waals surface area contributed by atoms with Crippen LogP contribution in [0.5, 0.6) is 5.75 Å². The maximum absolute atomic E-state index is 12.3. The van der Waals surface area contributed by atoms with Crippen LogP contribution in [0.2, 0.25) is 0 Å². The smallest absolute Gasteiger partial charge is 0.305 e. The molecule has 0 aliphatic rings. The Morgan fingerprint density at radius 3 is 2.43 bits per heavy atom. The number of amides is 2. The van der Waals surface area contributed by atoms with Gasteiger partial charge in [-0.1, -0.05) is 44.2 Å². The zero-order valence-electron chi connectivity index (χ0n) is 16.2. The first-order chi connectivity index (χ1) is 13.4. The lowest BCUT2D eigenvalue weighted by Crippen LogP contribution is -2.42. The molecule has 0 atom stereocenters. The molecule has 0 saturated carbocycles. The highest BCUT2D eigenvalue weighted by molar-refractivity contribution is 5.99. The Balaban J connectivity index is 1.53. The molecule has 0 bridgehead atoms. The maximum Gasteiger partial charge on any atom is 0.305 e. The summed E-state index contributed by atoms with van der Waals surface area (Å²) in [5.41, 5.74) is 7.03. The minimum absolute atomic E-state index is 0.143. The van der Waals surface area contributed by atoms with Crippen molar-refractivity contribution in [2.75, 3.05) is 6.61 Å². The van der Waals surface area contributed by atoms with Gasteiger partial charge in [0.05, 0.1) is 13.0 Å². The number of benzene rings is 2. The van der Waals surface area contributed by atoms with Crippen molar-refractivity contribution in [2.24, 2.45) is 5.92 Å². The van der Waals surface area contributed by atoms with Crippen LogP contribution in [0.15, 0.2) is 52.9 Å². The standard InChI is InChI=1S/C22H24N2O4/c1-14(2)13-27-17-10-8-16(9-11-17)12-20(25)23-24-22(26)21-15(3)18-6-4-5-7-19(18)28-21/h4-11,14H,12-13H2,1-3H3,(H,23,25)(H,24,26). The number of ether oxygens (including phenoxy) is 1. The second-order valence-electron chi connectivity index (χ2n) is 7.08.